The number of carbonyl (C=O) groups excluding carboxylic acids is 6. The topological polar surface area (TPSA) is 239 Å². The van der Waals surface area contributed by atoms with Crippen LogP contribution >= 0.6 is 0 Å². The van der Waals surface area contributed by atoms with E-state index >= 15 is 0 Å². The minimum atomic E-state index is -2.08. The number of aromatic hydroxyl groups is 3. The number of rotatable bonds is 7. The number of hydrogen-bond donors (Lipinski definition) is 4. The molecule has 0 amide bonds. The lowest BCUT2D eigenvalue weighted by Gasteiger charge is -2.46. The highest BCUT2D eigenvalue weighted by atomic mass is 16.7. The fourth-order valence-electron chi connectivity index (χ4n) is 6.77. The third-order valence-corrected chi connectivity index (χ3v) is 8.83. The van der Waals surface area contributed by atoms with Crippen molar-refractivity contribution >= 4 is 35.4 Å². The van der Waals surface area contributed by atoms with E-state index in [1.54, 1.807) is 0 Å². The maximum Gasteiger partial charge on any atom is 0.316 e. The minimum absolute atomic E-state index is 0.170. The number of esters is 4. The van der Waals surface area contributed by atoms with E-state index in [-0.39, 0.29) is 12.0 Å². The van der Waals surface area contributed by atoms with Gasteiger partial charge in [-0.3, -0.25) is 28.8 Å². The van der Waals surface area contributed by atoms with E-state index in [0.717, 1.165) is 33.9 Å². The molecule has 0 bridgehead atoms. The largest absolute Gasteiger partial charge is 0.507 e. The van der Waals surface area contributed by atoms with Crippen molar-refractivity contribution < 1.29 is 77.6 Å². The van der Waals surface area contributed by atoms with Crippen LogP contribution in [0.15, 0.2) is 18.2 Å². The standard InChI is InChI=1S/C33H34O16/c1-6-33(43)10-17(49-32-30(48-14(4)36)29(47-13(3)35)18(11-45-32)46-12(2)34)20-21(24(33)31(42)44-5)28(41)22-23(27(20)40)26(39)19-15(25(22)38)8-7-9-16(19)37/h7-9,17-18,24,29-30,32,37,40-41,43H,6,10-11H2,1-5H3/t17-,18-,24-,29-,30+,32-,33+/m0/s1. The highest BCUT2D eigenvalue weighted by Crippen LogP contribution is 2.57. The van der Waals surface area contributed by atoms with Crippen molar-refractivity contribution in [3.8, 4) is 17.2 Å². The first-order chi connectivity index (χ1) is 23.1. The predicted molar refractivity (Wildman–Crippen MR) is 160 cm³/mol. The zero-order valence-corrected chi connectivity index (χ0v) is 27.0. The van der Waals surface area contributed by atoms with Crippen LogP contribution in [-0.2, 0) is 47.6 Å². The molecule has 3 aliphatic rings. The van der Waals surface area contributed by atoms with Gasteiger partial charge in [0.25, 0.3) is 0 Å². The molecule has 2 aliphatic carbocycles. The number of ether oxygens (including phenoxy) is 6. The van der Waals surface area contributed by atoms with E-state index in [0.29, 0.717) is 0 Å². The van der Waals surface area contributed by atoms with Gasteiger partial charge in [0.15, 0.2) is 30.4 Å². The van der Waals surface area contributed by atoms with Gasteiger partial charge in [-0.25, -0.2) is 0 Å². The Bertz CT molecular complexity index is 1760. The molecule has 7 atom stereocenters. The number of phenolic OH excluding ortho intramolecular Hbond substituents is 3. The Kier molecular flexibility index (Phi) is 9.42. The summed E-state index contributed by atoms with van der Waals surface area (Å²) in [5.41, 5.74) is -5.09. The highest BCUT2D eigenvalue weighted by molar-refractivity contribution is 6.31. The quantitative estimate of drug-likeness (QED) is 0.157. The van der Waals surface area contributed by atoms with Crippen LogP contribution in [0.5, 0.6) is 17.2 Å². The van der Waals surface area contributed by atoms with Gasteiger partial charge in [-0.1, -0.05) is 19.1 Å². The van der Waals surface area contributed by atoms with Crippen molar-refractivity contribution in [2.75, 3.05) is 13.7 Å². The molecule has 0 saturated carbocycles. The van der Waals surface area contributed by atoms with Crippen LogP contribution in [-0.4, -0.2) is 99.8 Å². The summed E-state index contributed by atoms with van der Waals surface area (Å²) in [6.45, 7) is 4.25. The van der Waals surface area contributed by atoms with E-state index < -0.39 is 136 Å². The minimum Gasteiger partial charge on any atom is -0.507 e. The molecular weight excluding hydrogens is 652 g/mol. The summed E-state index contributed by atoms with van der Waals surface area (Å²) in [7, 11) is 1.03. The lowest BCUT2D eigenvalue weighted by Crippen LogP contribution is -2.58. The van der Waals surface area contributed by atoms with E-state index in [2.05, 4.69) is 0 Å². The number of fused-ring (bicyclic) bond motifs is 3. The van der Waals surface area contributed by atoms with Crippen LogP contribution in [0.4, 0.5) is 0 Å². The first-order valence-electron chi connectivity index (χ1n) is 15.2. The van der Waals surface area contributed by atoms with Crippen LogP contribution in [0.2, 0.25) is 0 Å². The van der Waals surface area contributed by atoms with Gasteiger partial charge < -0.3 is 48.8 Å². The number of methoxy groups -OCH3 is 1. The van der Waals surface area contributed by atoms with Crippen LogP contribution in [0.3, 0.4) is 0 Å². The normalized spacial score (nSPS) is 27.2. The van der Waals surface area contributed by atoms with Gasteiger partial charge in [0.2, 0.25) is 5.78 Å². The Morgan fingerprint density at radius 1 is 0.857 bits per heavy atom. The Balaban J connectivity index is 1.72. The molecule has 49 heavy (non-hydrogen) atoms. The van der Waals surface area contributed by atoms with Crippen molar-refractivity contribution in [3.63, 3.8) is 0 Å². The van der Waals surface area contributed by atoms with Crippen molar-refractivity contribution in [1.82, 2.24) is 0 Å². The summed E-state index contributed by atoms with van der Waals surface area (Å²) in [5, 5.41) is 46.0. The van der Waals surface area contributed by atoms with E-state index in [9.17, 15) is 49.2 Å². The molecule has 1 aliphatic heterocycles. The molecule has 1 saturated heterocycles. The average Bonchev–Trinajstić information content (AvgIpc) is 3.02. The number of benzene rings is 2. The van der Waals surface area contributed by atoms with Gasteiger partial charge in [0, 0.05) is 43.9 Å². The predicted octanol–water partition coefficient (Wildman–Crippen LogP) is 1.59. The van der Waals surface area contributed by atoms with Crippen molar-refractivity contribution in [3.05, 3.63) is 51.6 Å². The zero-order valence-electron chi connectivity index (χ0n) is 27.0. The van der Waals surface area contributed by atoms with Crippen molar-refractivity contribution in [2.45, 2.75) is 82.8 Å². The third kappa shape index (κ3) is 5.95. The molecule has 16 nitrogen and oxygen atoms in total. The smallest absolute Gasteiger partial charge is 0.316 e. The lowest BCUT2D eigenvalue weighted by molar-refractivity contribution is -0.296. The molecule has 5 rings (SSSR count). The third-order valence-electron chi connectivity index (χ3n) is 8.83. The molecule has 2 aromatic rings. The zero-order chi connectivity index (χ0) is 36.1. The Labute approximate surface area is 278 Å². The summed E-state index contributed by atoms with van der Waals surface area (Å²) in [5.74, 6) is -9.70. The number of ketones is 2. The van der Waals surface area contributed by atoms with E-state index in [4.69, 9.17) is 28.4 Å². The van der Waals surface area contributed by atoms with Crippen LogP contribution < -0.4 is 0 Å². The molecule has 0 spiro atoms. The Morgan fingerprint density at radius 2 is 1.45 bits per heavy atom. The number of carbonyl (C=O) groups is 6. The number of phenols is 3. The SMILES string of the molecule is CC[C@@]1(O)C[C@H](O[C@@H]2OC[C@H](OC(C)=O)[C@H](OC(C)=O)[C@H]2OC(C)=O)c2c(O)c3c(c(O)c2[C@H]1C(=O)OC)C(=O)c1cccc(O)c1C3=O. The average molecular weight is 687 g/mol. The van der Waals surface area contributed by atoms with Crippen LogP contribution in [0.1, 0.15) is 95.5 Å². The monoisotopic (exact) mass is 686 g/mol. The molecule has 2 aromatic carbocycles. The fraction of sp³-hybridized carbons (Fsp3) is 0.455. The molecule has 0 radical (unpaired) electrons. The second kappa shape index (κ2) is 13.1. The molecule has 4 N–H and O–H groups in total. The van der Waals surface area contributed by atoms with Gasteiger partial charge in [-0.15, -0.1) is 0 Å². The lowest BCUT2D eigenvalue weighted by atomic mass is 9.66. The van der Waals surface area contributed by atoms with E-state index in [1.807, 2.05) is 0 Å². The summed E-state index contributed by atoms with van der Waals surface area (Å²) in [6, 6.07) is 3.69. The summed E-state index contributed by atoms with van der Waals surface area (Å²) in [4.78, 5) is 76.9. The molecule has 1 heterocycles. The number of hydrogen-bond acceptors (Lipinski definition) is 16. The first-order valence-corrected chi connectivity index (χ1v) is 15.2. The summed E-state index contributed by atoms with van der Waals surface area (Å²) in [6.07, 6.45) is -8.30. The maximum absolute atomic E-state index is 13.8. The molecule has 16 heteroatoms. The molecule has 1 fully saturated rings. The van der Waals surface area contributed by atoms with E-state index in [1.165, 1.54) is 19.1 Å². The molecule has 0 unspecified atom stereocenters. The van der Waals surface area contributed by atoms with Gasteiger partial charge in [0.1, 0.15) is 23.2 Å². The molecule has 0 aromatic heterocycles. The van der Waals surface area contributed by atoms with Crippen molar-refractivity contribution in [2.24, 2.45) is 0 Å². The maximum atomic E-state index is 13.8. The second-order valence-corrected chi connectivity index (χ2v) is 11.9. The van der Waals surface area contributed by atoms with Gasteiger partial charge in [-0.05, 0) is 12.5 Å². The molecule has 262 valence electrons. The summed E-state index contributed by atoms with van der Waals surface area (Å²) >= 11 is 0. The van der Waals surface area contributed by atoms with Gasteiger partial charge >= 0.3 is 23.9 Å². The fourth-order valence-corrected chi connectivity index (χ4v) is 6.77. The van der Waals surface area contributed by atoms with Crippen molar-refractivity contribution in [1.29, 1.82) is 0 Å². The van der Waals surface area contributed by atoms with Crippen LogP contribution in [0, 0.1) is 0 Å². The highest BCUT2D eigenvalue weighted by Gasteiger charge is 2.56. The Hall–Kier alpha value is -5.06. The summed E-state index contributed by atoms with van der Waals surface area (Å²) < 4.78 is 32.9. The molecular formula is C33H34O16. The van der Waals surface area contributed by atoms with Gasteiger partial charge in [0.05, 0.1) is 42.1 Å². The first kappa shape index (κ1) is 35.3. The second-order valence-electron chi connectivity index (χ2n) is 11.9. The number of aliphatic hydroxyl groups is 1. The van der Waals surface area contributed by atoms with Gasteiger partial charge in [-0.2, -0.15) is 0 Å². The van der Waals surface area contributed by atoms with Crippen LogP contribution in [0.25, 0.3) is 0 Å². The Morgan fingerprint density at radius 3 is 2.04 bits per heavy atom.